The van der Waals surface area contributed by atoms with Gasteiger partial charge in [-0.05, 0) is 25.9 Å². The second-order valence-electron chi connectivity index (χ2n) is 4.79. The van der Waals surface area contributed by atoms with Crippen LogP contribution in [0.1, 0.15) is 33.1 Å². The molecule has 1 rings (SSSR count). The summed E-state index contributed by atoms with van der Waals surface area (Å²) in [6, 6.07) is 0.0768. The van der Waals surface area contributed by atoms with E-state index in [2.05, 4.69) is 24.7 Å². The van der Waals surface area contributed by atoms with Crippen LogP contribution in [-0.2, 0) is 4.79 Å². The van der Waals surface area contributed by atoms with Crippen molar-refractivity contribution in [3.63, 3.8) is 0 Å². The van der Waals surface area contributed by atoms with Crippen LogP contribution in [0.2, 0.25) is 0 Å². The number of rotatable bonds is 5. The second kappa shape index (κ2) is 7.40. The largest absolute Gasteiger partial charge is 0.341 e. The number of hydrogen-bond acceptors (Lipinski definition) is 3. The molecule has 1 amide bonds. The molecule has 0 aliphatic carbocycles. The van der Waals surface area contributed by atoms with Crippen LogP contribution in [-0.4, -0.2) is 54.0 Å². The summed E-state index contributed by atoms with van der Waals surface area (Å²) < 4.78 is 0. The number of carbonyl (C=O) groups excluding carboxylic acids is 1. The number of carbonyl (C=O) groups is 1. The summed E-state index contributed by atoms with van der Waals surface area (Å²) in [5, 5.41) is 0. The van der Waals surface area contributed by atoms with Crippen molar-refractivity contribution < 1.29 is 4.79 Å². The van der Waals surface area contributed by atoms with E-state index in [9.17, 15) is 4.79 Å². The third kappa shape index (κ3) is 3.72. The maximum Gasteiger partial charge on any atom is 0.240 e. The summed E-state index contributed by atoms with van der Waals surface area (Å²) in [4.78, 5) is 16.3. The van der Waals surface area contributed by atoms with Gasteiger partial charge in [0.2, 0.25) is 5.91 Å². The van der Waals surface area contributed by atoms with Gasteiger partial charge in [-0.2, -0.15) is 0 Å². The number of nitrogens with two attached hydrogens (primary N) is 1. The van der Waals surface area contributed by atoms with Crippen LogP contribution < -0.4 is 5.73 Å². The van der Waals surface area contributed by atoms with Gasteiger partial charge in [-0.15, -0.1) is 12.3 Å². The first-order valence-corrected chi connectivity index (χ1v) is 6.85. The molecule has 2 N–H and O–H groups in total. The van der Waals surface area contributed by atoms with E-state index in [-0.39, 0.29) is 5.91 Å². The quantitative estimate of drug-likeness (QED) is 0.731. The van der Waals surface area contributed by atoms with E-state index in [1.165, 1.54) is 0 Å². The molecule has 0 spiro atoms. The summed E-state index contributed by atoms with van der Waals surface area (Å²) in [6.07, 6.45) is 7.59. The molecule has 0 saturated carbocycles. The first-order valence-electron chi connectivity index (χ1n) is 6.85. The van der Waals surface area contributed by atoms with Crippen molar-refractivity contribution in [2.75, 3.05) is 26.2 Å². The van der Waals surface area contributed by atoms with E-state index in [1.54, 1.807) is 0 Å². The Morgan fingerprint density at radius 3 is 2.44 bits per heavy atom. The van der Waals surface area contributed by atoms with Crippen LogP contribution in [0.4, 0.5) is 0 Å². The summed E-state index contributed by atoms with van der Waals surface area (Å²) in [6.45, 7) is 8.13. The highest BCUT2D eigenvalue weighted by atomic mass is 16.2. The molecule has 1 unspecified atom stereocenters. The van der Waals surface area contributed by atoms with Gasteiger partial charge in [0, 0.05) is 25.6 Å². The Balaban J connectivity index is 2.44. The summed E-state index contributed by atoms with van der Waals surface area (Å²) in [7, 11) is 0. The minimum absolute atomic E-state index is 0.00551. The third-order valence-electron chi connectivity index (χ3n) is 3.76. The molecule has 0 aromatic rings. The average Bonchev–Trinajstić information content (AvgIpc) is 2.40. The van der Waals surface area contributed by atoms with Gasteiger partial charge in [0.15, 0.2) is 0 Å². The smallest absolute Gasteiger partial charge is 0.240 e. The molecule has 1 saturated heterocycles. The first-order chi connectivity index (χ1) is 8.63. The SMILES string of the molecule is C#CCC(N)C(=O)N1CCC(N(CC)CC)CC1. The molecule has 4 heteroatoms. The van der Waals surface area contributed by atoms with Gasteiger partial charge in [-0.1, -0.05) is 13.8 Å². The Labute approximate surface area is 110 Å². The lowest BCUT2D eigenvalue weighted by atomic mass is 10.0. The van der Waals surface area contributed by atoms with Crippen molar-refractivity contribution in [3.8, 4) is 12.3 Å². The Bertz CT molecular complexity index is 299. The number of hydrogen-bond donors (Lipinski definition) is 1. The van der Waals surface area contributed by atoms with Crippen LogP contribution in [0, 0.1) is 12.3 Å². The topological polar surface area (TPSA) is 49.6 Å². The molecule has 0 aromatic carbocycles. The molecule has 4 nitrogen and oxygen atoms in total. The van der Waals surface area contributed by atoms with E-state index in [1.807, 2.05) is 4.90 Å². The molecule has 102 valence electrons. The van der Waals surface area contributed by atoms with E-state index >= 15 is 0 Å². The zero-order valence-corrected chi connectivity index (χ0v) is 11.6. The molecule has 0 bridgehead atoms. The van der Waals surface area contributed by atoms with Crippen LogP contribution >= 0.6 is 0 Å². The average molecular weight is 251 g/mol. The molecule has 18 heavy (non-hydrogen) atoms. The maximum absolute atomic E-state index is 12.0. The monoisotopic (exact) mass is 251 g/mol. The molecule has 1 fully saturated rings. The summed E-state index contributed by atoms with van der Waals surface area (Å²) in [5.41, 5.74) is 5.76. The standard InChI is InChI=1S/C14H25N3O/c1-4-7-13(15)14(18)17-10-8-12(9-11-17)16(5-2)6-3/h1,12-13H,5-11,15H2,2-3H3. The molecular formula is C14H25N3O. The number of likely N-dealkylation sites (tertiary alicyclic amines) is 1. The molecule has 1 heterocycles. The van der Waals surface area contributed by atoms with Crippen LogP contribution in [0.5, 0.6) is 0 Å². The molecule has 1 aliphatic heterocycles. The van der Waals surface area contributed by atoms with E-state index in [0.717, 1.165) is 39.0 Å². The number of nitrogens with zero attached hydrogens (tertiary/aromatic N) is 2. The normalized spacial score (nSPS) is 18.7. The van der Waals surface area contributed by atoms with Crippen molar-refractivity contribution in [2.45, 2.75) is 45.2 Å². The highest BCUT2D eigenvalue weighted by Crippen LogP contribution is 2.17. The van der Waals surface area contributed by atoms with Gasteiger partial charge in [-0.25, -0.2) is 0 Å². The van der Waals surface area contributed by atoms with Crippen molar-refractivity contribution in [3.05, 3.63) is 0 Å². The molecular weight excluding hydrogens is 226 g/mol. The van der Waals surface area contributed by atoms with Gasteiger partial charge < -0.3 is 15.5 Å². The predicted molar refractivity (Wildman–Crippen MR) is 73.9 cm³/mol. The fourth-order valence-electron chi connectivity index (χ4n) is 2.64. The van der Waals surface area contributed by atoms with Crippen molar-refractivity contribution in [2.24, 2.45) is 5.73 Å². The first kappa shape index (κ1) is 15.0. The Morgan fingerprint density at radius 1 is 1.44 bits per heavy atom. The fourth-order valence-corrected chi connectivity index (χ4v) is 2.64. The van der Waals surface area contributed by atoms with Gasteiger partial charge in [-0.3, -0.25) is 4.79 Å². The van der Waals surface area contributed by atoms with Crippen molar-refractivity contribution in [1.29, 1.82) is 0 Å². The van der Waals surface area contributed by atoms with Crippen LogP contribution in [0.25, 0.3) is 0 Å². The Hall–Kier alpha value is -1.05. The summed E-state index contributed by atoms with van der Waals surface area (Å²) >= 11 is 0. The highest BCUT2D eigenvalue weighted by Gasteiger charge is 2.27. The van der Waals surface area contributed by atoms with Gasteiger partial charge in [0.1, 0.15) is 0 Å². The lowest BCUT2D eigenvalue weighted by Crippen LogP contribution is -2.50. The lowest BCUT2D eigenvalue weighted by Gasteiger charge is -2.38. The Kier molecular flexibility index (Phi) is 6.17. The molecule has 0 radical (unpaired) electrons. The highest BCUT2D eigenvalue weighted by molar-refractivity contribution is 5.82. The maximum atomic E-state index is 12.0. The van der Waals surface area contributed by atoms with Crippen LogP contribution in [0.15, 0.2) is 0 Å². The zero-order chi connectivity index (χ0) is 13.5. The van der Waals surface area contributed by atoms with Gasteiger partial charge in [0.25, 0.3) is 0 Å². The predicted octanol–water partition coefficient (Wildman–Crippen LogP) is 0.670. The van der Waals surface area contributed by atoms with Crippen LogP contribution in [0.3, 0.4) is 0 Å². The third-order valence-corrected chi connectivity index (χ3v) is 3.76. The molecule has 1 aliphatic rings. The van der Waals surface area contributed by atoms with Crippen molar-refractivity contribution in [1.82, 2.24) is 9.80 Å². The number of amides is 1. The zero-order valence-electron chi connectivity index (χ0n) is 11.6. The van der Waals surface area contributed by atoms with Crippen molar-refractivity contribution >= 4 is 5.91 Å². The van der Waals surface area contributed by atoms with Gasteiger partial charge in [0.05, 0.1) is 6.04 Å². The second-order valence-corrected chi connectivity index (χ2v) is 4.79. The number of terminal acetylenes is 1. The van der Waals surface area contributed by atoms with Gasteiger partial charge >= 0.3 is 0 Å². The minimum atomic E-state index is -0.528. The van der Waals surface area contributed by atoms with E-state index < -0.39 is 6.04 Å². The Morgan fingerprint density at radius 2 is 2.00 bits per heavy atom. The molecule has 0 aromatic heterocycles. The fraction of sp³-hybridized carbons (Fsp3) is 0.786. The van der Waals surface area contributed by atoms with E-state index in [4.69, 9.17) is 12.2 Å². The summed E-state index contributed by atoms with van der Waals surface area (Å²) in [5.74, 6) is 2.46. The number of piperidine rings is 1. The minimum Gasteiger partial charge on any atom is -0.341 e. The molecule has 1 atom stereocenters. The van der Waals surface area contributed by atoms with E-state index in [0.29, 0.717) is 12.5 Å². The lowest BCUT2D eigenvalue weighted by molar-refractivity contribution is -0.134.